The van der Waals surface area contributed by atoms with E-state index in [0.717, 1.165) is 22.4 Å². The number of anilines is 1. The minimum atomic E-state index is -0.319. The van der Waals surface area contributed by atoms with E-state index in [1.165, 1.54) is 11.3 Å². The van der Waals surface area contributed by atoms with Gasteiger partial charge in [0, 0.05) is 12.2 Å². The SMILES string of the molecule is CCN(CCOC(=O)c1ccccc1)c1ccc(N=Nc2nc3ccc(Cl)c(Cl)c3s2)cc1. The first-order valence-electron chi connectivity index (χ1n) is 10.3. The summed E-state index contributed by atoms with van der Waals surface area (Å²) in [5, 5.41) is 9.99. The average molecular weight is 499 g/mol. The molecule has 4 aromatic rings. The predicted octanol–water partition coefficient (Wildman–Crippen LogP) is 7.70. The van der Waals surface area contributed by atoms with Crippen LogP contribution in [0.3, 0.4) is 0 Å². The number of halogens is 2. The van der Waals surface area contributed by atoms with Crippen molar-refractivity contribution in [3.05, 3.63) is 82.3 Å². The van der Waals surface area contributed by atoms with Gasteiger partial charge in [0.15, 0.2) is 0 Å². The normalized spacial score (nSPS) is 11.2. The summed E-state index contributed by atoms with van der Waals surface area (Å²) in [6.07, 6.45) is 0. The molecule has 0 aliphatic heterocycles. The lowest BCUT2D eigenvalue weighted by Gasteiger charge is -2.22. The zero-order valence-electron chi connectivity index (χ0n) is 17.7. The van der Waals surface area contributed by atoms with Crippen molar-refractivity contribution >= 4 is 67.2 Å². The van der Waals surface area contributed by atoms with Gasteiger partial charge < -0.3 is 9.64 Å². The minimum absolute atomic E-state index is 0.299. The summed E-state index contributed by atoms with van der Waals surface area (Å²) in [4.78, 5) is 18.6. The molecule has 168 valence electrons. The van der Waals surface area contributed by atoms with Gasteiger partial charge in [0.05, 0.1) is 38.1 Å². The molecule has 3 aromatic carbocycles. The topological polar surface area (TPSA) is 67.2 Å². The number of aromatic nitrogens is 1. The number of nitrogens with zero attached hydrogens (tertiary/aromatic N) is 4. The molecular formula is C24H20Cl2N4O2S. The molecule has 0 fully saturated rings. The Hall–Kier alpha value is -3.00. The molecule has 33 heavy (non-hydrogen) atoms. The smallest absolute Gasteiger partial charge is 0.338 e. The van der Waals surface area contributed by atoms with E-state index in [0.29, 0.717) is 39.6 Å². The van der Waals surface area contributed by atoms with Gasteiger partial charge >= 0.3 is 5.97 Å². The number of rotatable bonds is 8. The van der Waals surface area contributed by atoms with Crippen molar-refractivity contribution in [3.8, 4) is 0 Å². The number of hydrogen-bond donors (Lipinski definition) is 0. The zero-order chi connectivity index (χ0) is 23.2. The maximum absolute atomic E-state index is 12.1. The highest BCUT2D eigenvalue weighted by molar-refractivity contribution is 7.22. The van der Waals surface area contributed by atoms with E-state index < -0.39 is 0 Å². The van der Waals surface area contributed by atoms with Crippen molar-refractivity contribution in [3.63, 3.8) is 0 Å². The summed E-state index contributed by atoms with van der Waals surface area (Å²) in [6.45, 7) is 3.72. The first-order valence-corrected chi connectivity index (χ1v) is 11.9. The quantitative estimate of drug-likeness (QED) is 0.184. The van der Waals surface area contributed by atoms with Gasteiger partial charge in [0.2, 0.25) is 5.13 Å². The highest BCUT2D eigenvalue weighted by Crippen LogP contribution is 2.37. The molecule has 1 aromatic heterocycles. The van der Waals surface area contributed by atoms with Crippen molar-refractivity contribution < 1.29 is 9.53 Å². The molecule has 0 saturated carbocycles. The van der Waals surface area contributed by atoms with Gasteiger partial charge in [-0.05, 0) is 55.5 Å². The molecule has 0 atom stereocenters. The summed E-state index contributed by atoms with van der Waals surface area (Å²) in [5.41, 5.74) is 3.00. The lowest BCUT2D eigenvalue weighted by molar-refractivity contribution is 0.0515. The summed E-state index contributed by atoms with van der Waals surface area (Å²) in [6, 6.07) is 20.2. The fourth-order valence-electron chi connectivity index (χ4n) is 3.17. The van der Waals surface area contributed by atoms with Crippen molar-refractivity contribution in [1.82, 2.24) is 4.98 Å². The number of azo groups is 1. The number of fused-ring (bicyclic) bond motifs is 1. The van der Waals surface area contributed by atoms with Gasteiger partial charge in [0.25, 0.3) is 0 Å². The molecule has 0 bridgehead atoms. The van der Waals surface area contributed by atoms with Crippen LogP contribution in [0.25, 0.3) is 10.2 Å². The Morgan fingerprint density at radius 3 is 2.52 bits per heavy atom. The molecule has 1 heterocycles. The highest BCUT2D eigenvalue weighted by atomic mass is 35.5. The first-order chi connectivity index (χ1) is 16.0. The third-order valence-corrected chi connectivity index (χ3v) is 6.78. The van der Waals surface area contributed by atoms with E-state index in [-0.39, 0.29) is 5.97 Å². The summed E-state index contributed by atoms with van der Waals surface area (Å²) >= 11 is 13.6. The molecule has 4 rings (SSSR count). The molecule has 0 radical (unpaired) electrons. The predicted molar refractivity (Wildman–Crippen MR) is 135 cm³/mol. The Morgan fingerprint density at radius 1 is 1.03 bits per heavy atom. The van der Waals surface area contributed by atoms with Gasteiger partial charge in [-0.25, -0.2) is 9.78 Å². The Morgan fingerprint density at radius 2 is 1.79 bits per heavy atom. The molecule has 0 N–H and O–H groups in total. The van der Waals surface area contributed by atoms with Crippen molar-refractivity contribution in [2.24, 2.45) is 10.2 Å². The first kappa shape index (κ1) is 23.2. The van der Waals surface area contributed by atoms with Gasteiger partial charge in [-0.3, -0.25) is 0 Å². The van der Waals surface area contributed by atoms with E-state index in [2.05, 4.69) is 27.0 Å². The number of carbonyl (C=O) groups excluding carboxylic acids is 1. The van der Waals surface area contributed by atoms with Crippen LogP contribution in [0.4, 0.5) is 16.5 Å². The summed E-state index contributed by atoms with van der Waals surface area (Å²) in [5.74, 6) is -0.319. The van der Waals surface area contributed by atoms with Crippen LogP contribution >= 0.6 is 34.5 Å². The van der Waals surface area contributed by atoms with Gasteiger partial charge in [0.1, 0.15) is 6.61 Å². The van der Waals surface area contributed by atoms with Gasteiger partial charge in [-0.2, -0.15) is 0 Å². The molecule has 0 aliphatic carbocycles. The van der Waals surface area contributed by atoms with Crippen molar-refractivity contribution in [1.29, 1.82) is 0 Å². The number of hydrogen-bond acceptors (Lipinski definition) is 7. The van der Waals surface area contributed by atoms with E-state index in [1.807, 2.05) is 48.5 Å². The number of benzene rings is 3. The summed E-state index contributed by atoms with van der Waals surface area (Å²) < 4.78 is 6.19. The lowest BCUT2D eigenvalue weighted by atomic mass is 10.2. The van der Waals surface area contributed by atoms with E-state index in [9.17, 15) is 4.79 Å². The van der Waals surface area contributed by atoms with Gasteiger partial charge in [-0.1, -0.05) is 52.7 Å². The van der Waals surface area contributed by atoms with E-state index in [4.69, 9.17) is 27.9 Å². The Labute approximate surface area is 205 Å². The van der Waals surface area contributed by atoms with Crippen LogP contribution in [0.5, 0.6) is 0 Å². The van der Waals surface area contributed by atoms with E-state index in [1.54, 1.807) is 18.2 Å². The van der Waals surface area contributed by atoms with Crippen LogP contribution in [0, 0.1) is 0 Å². The maximum atomic E-state index is 12.1. The lowest BCUT2D eigenvalue weighted by Crippen LogP contribution is -2.27. The minimum Gasteiger partial charge on any atom is -0.460 e. The largest absolute Gasteiger partial charge is 0.460 e. The second kappa shape index (κ2) is 10.7. The third kappa shape index (κ3) is 5.68. The monoisotopic (exact) mass is 498 g/mol. The second-order valence-corrected chi connectivity index (χ2v) is 8.77. The van der Waals surface area contributed by atoms with Crippen LogP contribution in [0.15, 0.2) is 77.0 Å². The van der Waals surface area contributed by atoms with Crippen LogP contribution in [0.1, 0.15) is 17.3 Å². The molecular weight excluding hydrogens is 479 g/mol. The van der Waals surface area contributed by atoms with E-state index >= 15 is 0 Å². The van der Waals surface area contributed by atoms with Crippen LogP contribution in [-0.2, 0) is 4.74 Å². The highest BCUT2D eigenvalue weighted by Gasteiger charge is 2.11. The fraction of sp³-hybridized carbons (Fsp3) is 0.167. The molecule has 6 nitrogen and oxygen atoms in total. The Balaban J connectivity index is 1.36. The van der Waals surface area contributed by atoms with Gasteiger partial charge in [-0.15, -0.1) is 10.2 Å². The summed E-state index contributed by atoms with van der Waals surface area (Å²) in [7, 11) is 0. The third-order valence-electron chi connectivity index (χ3n) is 4.89. The number of carbonyl (C=O) groups is 1. The Bertz CT molecular complexity index is 1280. The fourth-order valence-corrected chi connectivity index (χ4v) is 4.49. The molecule has 0 saturated heterocycles. The molecule has 0 spiro atoms. The molecule has 0 unspecified atom stereocenters. The maximum Gasteiger partial charge on any atom is 0.338 e. The number of esters is 1. The number of thiazole rings is 1. The molecule has 9 heteroatoms. The number of ether oxygens (including phenoxy) is 1. The van der Waals surface area contributed by atoms with Crippen molar-refractivity contribution in [2.75, 3.05) is 24.6 Å². The Kier molecular flexibility index (Phi) is 7.54. The van der Waals surface area contributed by atoms with Crippen LogP contribution in [0.2, 0.25) is 10.0 Å². The van der Waals surface area contributed by atoms with Crippen LogP contribution < -0.4 is 4.90 Å². The second-order valence-electron chi connectivity index (χ2n) is 7.00. The zero-order valence-corrected chi connectivity index (χ0v) is 20.1. The number of likely N-dealkylation sites (N-methyl/N-ethyl adjacent to an activating group) is 1. The average Bonchev–Trinajstić information content (AvgIpc) is 3.28. The standard InChI is InChI=1S/C24H20Cl2N4O2S/c1-2-30(14-15-32-23(31)16-6-4-3-5-7-16)18-10-8-17(9-11-18)28-29-24-27-20-13-12-19(25)21(26)22(20)33-24/h3-13H,2,14-15H2,1H3. The van der Waals surface area contributed by atoms with Crippen LogP contribution in [-0.4, -0.2) is 30.6 Å². The molecule has 0 aliphatic rings. The van der Waals surface area contributed by atoms with Crippen molar-refractivity contribution in [2.45, 2.75) is 6.92 Å². The molecule has 0 amide bonds.